The number of carbonyl (C=O) groups is 2. The Morgan fingerprint density at radius 1 is 0.889 bits per heavy atom. The van der Waals surface area contributed by atoms with Gasteiger partial charge in [-0.3, -0.25) is 9.59 Å². The van der Waals surface area contributed by atoms with Gasteiger partial charge in [0.05, 0.1) is 25.5 Å². The summed E-state index contributed by atoms with van der Waals surface area (Å²) in [6.07, 6.45) is -0.133. The second-order valence-electron chi connectivity index (χ2n) is 8.70. The summed E-state index contributed by atoms with van der Waals surface area (Å²) in [4.78, 5) is 25.8. The molecule has 0 spiro atoms. The molecule has 2 amide bonds. The molecule has 0 heterocycles. The molecule has 0 saturated heterocycles. The van der Waals surface area contributed by atoms with E-state index in [0.717, 1.165) is 22.3 Å². The van der Waals surface area contributed by atoms with Gasteiger partial charge in [-0.1, -0.05) is 24.3 Å². The molecule has 7 heteroatoms. The Kier molecular flexibility index (Phi) is 8.95. The SMILES string of the molecule is COc1ccc(CCNC(=O)c2ccccc2NC(=O)[C@@H](C)Oc2cc(C)cc(C)c2C)cc1OC. The molecule has 36 heavy (non-hydrogen) atoms. The summed E-state index contributed by atoms with van der Waals surface area (Å²) >= 11 is 0. The van der Waals surface area contributed by atoms with E-state index in [9.17, 15) is 9.59 Å². The summed E-state index contributed by atoms with van der Waals surface area (Å²) in [5.74, 6) is 1.36. The molecule has 3 rings (SSSR count). The molecule has 0 fully saturated rings. The van der Waals surface area contributed by atoms with Crippen LogP contribution in [0.25, 0.3) is 0 Å². The zero-order valence-electron chi connectivity index (χ0n) is 21.7. The van der Waals surface area contributed by atoms with E-state index in [1.807, 2.05) is 45.0 Å². The van der Waals surface area contributed by atoms with Gasteiger partial charge in [-0.2, -0.15) is 0 Å². The molecule has 190 valence electrons. The van der Waals surface area contributed by atoms with Crippen molar-refractivity contribution in [1.29, 1.82) is 0 Å². The number of benzene rings is 3. The molecule has 7 nitrogen and oxygen atoms in total. The quantitative estimate of drug-likeness (QED) is 0.417. The summed E-state index contributed by atoms with van der Waals surface area (Å²) in [7, 11) is 3.18. The fraction of sp³-hybridized carbons (Fsp3) is 0.310. The number of methoxy groups -OCH3 is 2. The Balaban J connectivity index is 1.62. The van der Waals surface area contributed by atoms with E-state index < -0.39 is 6.10 Å². The number of anilines is 1. The number of aryl methyl sites for hydroxylation is 2. The Morgan fingerprint density at radius 2 is 1.61 bits per heavy atom. The minimum Gasteiger partial charge on any atom is -0.493 e. The zero-order chi connectivity index (χ0) is 26.2. The zero-order valence-corrected chi connectivity index (χ0v) is 21.7. The highest BCUT2D eigenvalue weighted by Gasteiger charge is 2.19. The molecule has 0 aliphatic heterocycles. The molecule has 0 saturated carbocycles. The van der Waals surface area contributed by atoms with E-state index in [1.165, 1.54) is 0 Å². The van der Waals surface area contributed by atoms with Crippen molar-refractivity contribution in [2.45, 2.75) is 40.2 Å². The Hall–Kier alpha value is -4.00. The van der Waals surface area contributed by atoms with Gasteiger partial charge in [-0.05, 0) is 86.7 Å². The number of rotatable bonds is 10. The third-order valence-electron chi connectivity index (χ3n) is 6.01. The number of nitrogens with one attached hydrogen (secondary N) is 2. The topological polar surface area (TPSA) is 85.9 Å². The standard InChI is InChI=1S/C29H34N2O5/c1-18-15-19(2)20(3)26(16-18)36-21(4)28(32)31-24-10-8-7-9-23(24)29(33)30-14-13-22-11-12-25(34-5)27(17-22)35-6/h7-12,15-17,21H,13-14H2,1-6H3,(H,30,33)(H,31,32)/t21-/m1/s1. The number of ether oxygens (including phenoxy) is 3. The molecular formula is C29H34N2O5. The van der Waals surface area contributed by atoms with Crippen molar-refractivity contribution in [2.24, 2.45) is 0 Å². The molecule has 0 aromatic heterocycles. The van der Waals surface area contributed by atoms with E-state index in [-0.39, 0.29) is 11.8 Å². The molecular weight excluding hydrogens is 456 g/mol. The van der Waals surface area contributed by atoms with Crippen molar-refractivity contribution < 1.29 is 23.8 Å². The molecule has 1 atom stereocenters. The maximum Gasteiger partial charge on any atom is 0.265 e. The second-order valence-corrected chi connectivity index (χ2v) is 8.70. The van der Waals surface area contributed by atoms with Crippen LogP contribution in [0.4, 0.5) is 5.69 Å². The third-order valence-corrected chi connectivity index (χ3v) is 6.01. The number of hydrogen-bond donors (Lipinski definition) is 2. The molecule has 3 aromatic rings. The first kappa shape index (κ1) is 26.6. The predicted molar refractivity (Wildman–Crippen MR) is 141 cm³/mol. The van der Waals surface area contributed by atoms with Gasteiger partial charge < -0.3 is 24.8 Å². The molecule has 0 bridgehead atoms. The summed E-state index contributed by atoms with van der Waals surface area (Å²) in [5, 5.41) is 5.76. The number of para-hydroxylation sites is 1. The highest BCUT2D eigenvalue weighted by Crippen LogP contribution is 2.28. The van der Waals surface area contributed by atoms with Crippen LogP contribution in [0.2, 0.25) is 0 Å². The van der Waals surface area contributed by atoms with Crippen molar-refractivity contribution in [2.75, 3.05) is 26.1 Å². The van der Waals surface area contributed by atoms with Crippen molar-refractivity contribution in [3.05, 3.63) is 82.4 Å². The minimum absolute atomic E-state index is 0.273. The predicted octanol–water partition coefficient (Wildman–Crippen LogP) is 5.01. The average molecular weight is 491 g/mol. The van der Waals surface area contributed by atoms with Crippen molar-refractivity contribution in [1.82, 2.24) is 5.32 Å². The van der Waals surface area contributed by atoms with Gasteiger partial charge in [0.25, 0.3) is 11.8 Å². The normalized spacial score (nSPS) is 11.4. The van der Waals surface area contributed by atoms with Gasteiger partial charge in [0.15, 0.2) is 17.6 Å². The van der Waals surface area contributed by atoms with Crippen LogP contribution in [-0.4, -0.2) is 38.7 Å². The average Bonchev–Trinajstić information content (AvgIpc) is 2.86. The van der Waals surface area contributed by atoms with Crippen LogP contribution in [0, 0.1) is 20.8 Å². The lowest BCUT2D eigenvalue weighted by Gasteiger charge is -2.19. The molecule has 0 aliphatic carbocycles. The summed E-state index contributed by atoms with van der Waals surface area (Å²) in [6.45, 7) is 8.08. The van der Waals surface area contributed by atoms with Gasteiger partial charge in [0.1, 0.15) is 5.75 Å². The van der Waals surface area contributed by atoms with Gasteiger partial charge in [-0.15, -0.1) is 0 Å². The summed E-state index contributed by atoms with van der Waals surface area (Å²) < 4.78 is 16.6. The van der Waals surface area contributed by atoms with Gasteiger partial charge in [0.2, 0.25) is 0 Å². The monoisotopic (exact) mass is 490 g/mol. The molecule has 0 aliphatic rings. The van der Waals surface area contributed by atoms with E-state index in [4.69, 9.17) is 14.2 Å². The largest absolute Gasteiger partial charge is 0.493 e. The smallest absolute Gasteiger partial charge is 0.265 e. The van der Waals surface area contributed by atoms with E-state index in [0.29, 0.717) is 41.5 Å². The summed E-state index contributed by atoms with van der Waals surface area (Å²) in [5.41, 5.74) is 4.98. The first-order valence-electron chi connectivity index (χ1n) is 11.9. The maximum atomic E-state index is 12.9. The molecule has 0 unspecified atom stereocenters. The van der Waals surface area contributed by atoms with E-state index in [1.54, 1.807) is 45.4 Å². The summed E-state index contributed by atoms with van der Waals surface area (Å²) in [6, 6.07) is 16.6. The molecule has 3 aromatic carbocycles. The first-order valence-corrected chi connectivity index (χ1v) is 11.9. The fourth-order valence-corrected chi connectivity index (χ4v) is 3.84. The first-order chi connectivity index (χ1) is 17.2. The second kappa shape index (κ2) is 12.1. The number of carbonyl (C=O) groups excluding carboxylic acids is 2. The van der Waals surface area contributed by atoms with Crippen molar-refractivity contribution in [3.8, 4) is 17.2 Å². The van der Waals surface area contributed by atoms with E-state index >= 15 is 0 Å². The van der Waals surface area contributed by atoms with Crippen LogP contribution >= 0.6 is 0 Å². The lowest BCUT2D eigenvalue weighted by atomic mass is 10.1. The van der Waals surface area contributed by atoms with Crippen LogP contribution in [0.1, 0.15) is 39.5 Å². The Labute approximate surface area is 212 Å². The van der Waals surface area contributed by atoms with E-state index in [2.05, 4.69) is 16.7 Å². The fourth-order valence-electron chi connectivity index (χ4n) is 3.84. The lowest BCUT2D eigenvalue weighted by molar-refractivity contribution is -0.122. The highest BCUT2D eigenvalue weighted by molar-refractivity contribution is 6.04. The van der Waals surface area contributed by atoms with Crippen LogP contribution in [-0.2, 0) is 11.2 Å². The lowest BCUT2D eigenvalue weighted by Crippen LogP contribution is -2.32. The number of hydrogen-bond acceptors (Lipinski definition) is 5. The maximum absolute atomic E-state index is 12.9. The van der Waals surface area contributed by atoms with Crippen molar-refractivity contribution in [3.63, 3.8) is 0 Å². The van der Waals surface area contributed by atoms with Crippen LogP contribution in [0.3, 0.4) is 0 Å². The Morgan fingerprint density at radius 3 is 2.33 bits per heavy atom. The number of amides is 2. The van der Waals surface area contributed by atoms with Gasteiger partial charge >= 0.3 is 0 Å². The van der Waals surface area contributed by atoms with Crippen molar-refractivity contribution >= 4 is 17.5 Å². The van der Waals surface area contributed by atoms with Crippen LogP contribution in [0.15, 0.2) is 54.6 Å². The van der Waals surface area contributed by atoms with Crippen LogP contribution in [0.5, 0.6) is 17.2 Å². The highest BCUT2D eigenvalue weighted by atomic mass is 16.5. The molecule has 2 N–H and O–H groups in total. The van der Waals surface area contributed by atoms with Crippen LogP contribution < -0.4 is 24.8 Å². The van der Waals surface area contributed by atoms with Gasteiger partial charge in [0, 0.05) is 6.54 Å². The minimum atomic E-state index is -0.744. The third kappa shape index (κ3) is 6.56. The molecule has 0 radical (unpaired) electrons. The Bertz CT molecular complexity index is 1240. The van der Waals surface area contributed by atoms with Gasteiger partial charge in [-0.25, -0.2) is 0 Å².